The van der Waals surface area contributed by atoms with Crippen molar-refractivity contribution in [2.45, 2.75) is 52.4 Å². The summed E-state index contributed by atoms with van der Waals surface area (Å²) in [5, 5.41) is 19.6. The van der Waals surface area contributed by atoms with Gasteiger partial charge in [-0.1, -0.05) is 12.8 Å². The Morgan fingerprint density at radius 2 is 1.86 bits per heavy atom. The molecule has 0 amide bonds. The van der Waals surface area contributed by atoms with Crippen LogP contribution in [0.3, 0.4) is 0 Å². The molecule has 0 bridgehead atoms. The van der Waals surface area contributed by atoms with E-state index in [1.807, 2.05) is 17.9 Å². The van der Waals surface area contributed by atoms with Gasteiger partial charge in [-0.05, 0) is 56.4 Å². The lowest BCUT2D eigenvalue weighted by atomic mass is 9.89. The number of anilines is 1. The zero-order valence-electron chi connectivity index (χ0n) is 16.9. The van der Waals surface area contributed by atoms with Gasteiger partial charge in [-0.3, -0.25) is 4.68 Å². The lowest BCUT2D eigenvalue weighted by Gasteiger charge is -2.27. The molecule has 8 nitrogen and oxygen atoms in total. The van der Waals surface area contributed by atoms with Crippen molar-refractivity contribution in [2.75, 3.05) is 18.0 Å². The van der Waals surface area contributed by atoms with Crippen molar-refractivity contribution < 1.29 is 0 Å². The Balaban J connectivity index is 2.08. The first-order valence-electron chi connectivity index (χ1n) is 10.3. The normalized spacial score (nSPS) is 14.4. The molecule has 1 aliphatic rings. The molecule has 0 aliphatic heterocycles. The maximum Gasteiger partial charge on any atom is 0.209 e. The molecule has 0 unspecified atom stereocenters. The van der Waals surface area contributed by atoms with Gasteiger partial charge in [0.15, 0.2) is 0 Å². The molecule has 8 heteroatoms. The van der Waals surface area contributed by atoms with Crippen molar-refractivity contribution in [1.29, 1.82) is 0 Å². The van der Waals surface area contributed by atoms with E-state index in [-0.39, 0.29) is 0 Å². The van der Waals surface area contributed by atoms with Crippen LogP contribution in [0.5, 0.6) is 0 Å². The molecule has 1 aliphatic carbocycles. The van der Waals surface area contributed by atoms with Gasteiger partial charge in [0.25, 0.3) is 0 Å². The number of hydrogen-bond acceptors (Lipinski definition) is 6. The van der Waals surface area contributed by atoms with E-state index in [9.17, 15) is 0 Å². The van der Waals surface area contributed by atoms with Crippen LogP contribution in [0.25, 0.3) is 22.6 Å². The van der Waals surface area contributed by atoms with Crippen molar-refractivity contribution >= 4 is 5.82 Å². The van der Waals surface area contributed by atoms with Gasteiger partial charge in [-0.2, -0.15) is 10.3 Å². The van der Waals surface area contributed by atoms with Crippen LogP contribution in [-0.2, 0) is 19.9 Å². The van der Waals surface area contributed by atoms with E-state index in [0.717, 1.165) is 48.6 Å². The minimum absolute atomic E-state index is 0.593. The number of pyridine rings is 1. The molecule has 4 rings (SSSR count). The molecule has 0 aromatic carbocycles. The average Bonchev–Trinajstić information content (AvgIpc) is 3.35. The van der Waals surface area contributed by atoms with Crippen molar-refractivity contribution in [3.8, 4) is 22.6 Å². The van der Waals surface area contributed by atoms with E-state index in [4.69, 9.17) is 4.98 Å². The molecule has 3 aromatic rings. The van der Waals surface area contributed by atoms with Crippen LogP contribution in [0, 0.1) is 0 Å². The van der Waals surface area contributed by atoms with E-state index in [1.165, 1.54) is 36.9 Å². The Labute approximate surface area is 165 Å². The second-order valence-electron chi connectivity index (χ2n) is 7.27. The third-order valence-electron chi connectivity index (χ3n) is 5.66. The fourth-order valence-corrected chi connectivity index (χ4v) is 4.22. The number of hydrogen-bond donors (Lipinski definition) is 1. The number of nitrogens with one attached hydrogen (secondary N) is 1. The second kappa shape index (κ2) is 8.08. The van der Waals surface area contributed by atoms with Crippen LogP contribution < -0.4 is 4.90 Å². The number of aromatic amines is 1. The summed E-state index contributed by atoms with van der Waals surface area (Å²) in [6.07, 6.45) is 8.78. The van der Waals surface area contributed by atoms with E-state index in [2.05, 4.69) is 50.5 Å². The number of aromatic nitrogens is 7. The third-order valence-corrected chi connectivity index (χ3v) is 5.66. The summed E-state index contributed by atoms with van der Waals surface area (Å²) in [6, 6.07) is 2.07. The summed E-state index contributed by atoms with van der Waals surface area (Å²) < 4.78 is 1.93. The van der Waals surface area contributed by atoms with Crippen molar-refractivity contribution in [2.24, 2.45) is 7.05 Å². The minimum Gasteiger partial charge on any atom is -0.357 e. The molecule has 1 N–H and O–H groups in total. The molecule has 0 atom stereocenters. The Morgan fingerprint density at radius 1 is 1.07 bits per heavy atom. The molecule has 0 fully saturated rings. The Hall–Kier alpha value is -2.77. The highest BCUT2D eigenvalue weighted by Crippen LogP contribution is 2.41. The number of tetrazole rings is 1. The highest BCUT2D eigenvalue weighted by atomic mass is 15.5. The maximum atomic E-state index is 5.19. The van der Waals surface area contributed by atoms with Gasteiger partial charge in [0, 0.05) is 37.6 Å². The molecule has 0 saturated heterocycles. The predicted molar refractivity (Wildman–Crippen MR) is 109 cm³/mol. The summed E-state index contributed by atoms with van der Waals surface area (Å²) in [6.45, 7) is 6.06. The minimum atomic E-state index is 0.593. The third kappa shape index (κ3) is 3.27. The summed E-state index contributed by atoms with van der Waals surface area (Å²) in [7, 11) is 1.99. The number of fused-ring (bicyclic) bond motifs is 1. The Bertz CT molecular complexity index is 924. The standard InChI is InChI=1S/C20H28N8/c1-4-28(5-2)20-18(19-23-25-26-24-19)17(16-12-13-21-27(16)3)14-10-8-6-7-9-11-15(14)22-20/h12-13H,4-11H2,1-3H3,(H,23,24,25,26). The van der Waals surface area contributed by atoms with Gasteiger partial charge in [0.1, 0.15) is 5.82 Å². The van der Waals surface area contributed by atoms with E-state index >= 15 is 0 Å². The van der Waals surface area contributed by atoms with Gasteiger partial charge in [-0.25, -0.2) is 4.98 Å². The van der Waals surface area contributed by atoms with Gasteiger partial charge >= 0.3 is 0 Å². The van der Waals surface area contributed by atoms with Crippen LogP contribution in [-0.4, -0.2) is 48.5 Å². The first kappa shape index (κ1) is 18.6. The lowest BCUT2D eigenvalue weighted by Crippen LogP contribution is -2.25. The Kier molecular flexibility index (Phi) is 5.36. The number of H-pyrrole nitrogens is 1. The van der Waals surface area contributed by atoms with E-state index < -0.39 is 0 Å². The van der Waals surface area contributed by atoms with Gasteiger partial charge < -0.3 is 4.90 Å². The highest BCUT2D eigenvalue weighted by molar-refractivity contribution is 5.89. The molecule has 0 saturated carbocycles. The first-order chi connectivity index (χ1) is 13.7. The van der Waals surface area contributed by atoms with Crippen LogP contribution in [0.2, 0.25) is 0 Å². The molecule has 3 aromatic heterocycles. The van der Waals surface area contributed by atoms with Crippen LogP contribution in [0.4, 0.5) is 5.82 Å². The fourth-order valence-electron chi connectivity index (χ4n) is 4.22. The second-order valence-corrected chi connectivity index (χ2v) is 7.27. The van der Waals surface area contributed by atoms with Crippen molar-refractivity contribution in [3.05, 3.63) is 23.5 Å². The lowest BCUT2D eigenvalue weighted by molar-refractivity contribution is 0.608. The molecule has 0 spiro atoms. The van der Waals surface area contributed by atoms with Crippen LogP contribution in [0.1, 0.15) is 50.8 Å². The van der Waals surface area contributed by atoms with Crippen molar-refractivity contribution in [1.82, 2.24) is 35.4 Å². The van der Waals surface area contributed by atoms with Gasteiger partial charge in [-0.15, -0.1) is 10.2 Å². The largest absolute Gasteiger partial charge is 0.357 e. The summed E-state index contributed by atoms with van der Waals surface area (Å²) in [5.41, 5.74) is 5.73. The number of aryl methyl sites for hydroxylation is 2. The molecular weight excluding hydrogens is 352 g/mol. The molecule has 3 heterocycles. The van der Waals surface area contributed by atoms with Crippen molar-refractivity contribution in [3.63, 3.8) is 0 Å². The fraction of sp³-hybridized carbons (Fsp3) is 0.550. The Morgan fingerprint density at radius 3 is 2.50 bits per heavy atom. The maximum absolute atomic E-state index is 5.19. The molecule has 28 heavy (non-hydrogen) atoms. The quantitative estimate of drug-likeness (QED) is 0.731. The summed E-state index contributed by atoms with van der Waals surface area (Å²) in [5.74, 6) is 1.54. The van der Waals surface area contributed by atoms with Crippen LogP contribution >= 0.6 is 0 Å². The molecular formula is C20H28N8. The predicted octanol–water partition coefficient (Wildman–Crippen LogP) is 3.17. The zero-order chi connectivity index (χ0) is 19.5. The zero-order valence-corrected chi connectivity index (χ0v) is 16.9. The van der Waals surface area contributed by atoms with E-state index in [1.54, 1.807) is 0 Å². The monoisotopic (exact) mass is 380 g/mol. The SMILES string of the molecule is CCN(CC)c1nc2c(c(-c3ccnn3C)c1-c1nn[nH]n1)CCCCCC2. The van der Waals surface area contributed by atoms with Gasteiger partial charge in [0.2, 0.25) is 5.82 Å². The molecule has 148 valence electrons. The number of rotatable bonds is 5. The summed E-state index contributed by atoms with van der Waals surface area (Å²) in [4.78, 5) is 7.47. The summed E-state index contributed by atoms with van der Waals surface area (Å²) >= 11 is 0. The molecule has 0 radical (unpaired) electrons. The van der Waals surface area contributed by atoms with E-state index in [0.29, 0.717) is 5.82 Å². The number of nitrogens with zero attached hydrogens (tertiary/aromatic N) is 7. The van der Waals surface area contributed by atoms with Crippen LogP contribution in [0.15, 0.2) is 12.3 Å². The highest BCUT2D eigenvalue weighted by Gasteiger charge is 2.28. The van der Waals surface area contributed by atoms with Gasteiger partial charge in [0.05, 0.1) is 11.3 Å². The topological polar surface area (TPSA) is 88.4 Å². The smallest absolute Gasteiger partial charge is 0.209 e. The first-order valence-corrected chi connectivity index (χ1v) is 10.3. The average molecular weight is 381 g/mol.